The summed E-state index contributed by atoms with van der Waals surface area (Å²) in [6.45, 7) is 9.69. The smallest absolute Gasteiger partial charge is 0.177 e. The Morgan fingerprint density at radius 1 is 1.23 bits per heavy atom. The molecule has 0 bridgehead atoms. The fourth-order valence-electron chi connectivity index (χ4n) is 3.84. The van der Waals surface area contributed by atoms with E-state index in [-0.39, 0.29) is 17.0 Å². The maximum atomic E-state index is 10.1. The Bertz CT molecular complexity index is 1060. The van der Waals surface area contributed by atoms with E-state index in [2.05, 4.69) is 69.8 Å². The van der Waals surface area contributed by atoms with Crippen molar-refractivity contribution in [2.45, 2.75) is 46.1 Å². The molecule has 2 aliphatic rings. The summed E-state index contributed by atoms with van der Waals surface area (Å²) in [6.07, 6.45) is 6.22. The summed E-state index contributed by atoms with van der Waals surface area (Å²) >= 11 is 1.58. The third-order valence-corrected chi connectivity index (χ3v) is 6.58. The summed E-state index contributed by atoms with van der Waals surface area (Å²) < 4.78 is 2.14. The Morgan fingerprint density at radius 2 is 2.07 bits per heavy atom. The first-order chi connectivity index (χ1) is 14.1. The van der Waals surface area contributed by atoms with E-state index in [1.807, 2.05) is 6.08 Å². The SMILES string of the molecule is Br.C=CCN1C(c2ccc(C)c(C)c2)=CS/C1=C(/C#N)c1nnc2n1CCCCC2. The lowest BCUT2D eigenvalue weighted by Gasteiger charge is -2.23. The lowest BCUT2D eigenvalue weighted by Crippen LogP contribution is -2.19. The fourth-order valence-corrected chi connectivity index (χ4v) is 4.88. The molecule has 0 spiro atoms. The number of rotatable bonds is 4. The van der Waals surface area contributed by atoms with Crippen LogP contribution in [0.2, 0.25) is 0 Å². The first-order valence-electron chi connectivity index (χ1n) is 10.0. The Morgan fingerprint density at radius 3 is 2.80 bits per heavy atom. The number of aromatic nitrogens is 3. The Balaban J connectivity index is 0.00000256. The fraction of sp³-hybridized carbons (Fsp3) is 0.348. The van der Waals surface area contributed by atoms with E-state index < -0.39 is 0 Å². The van der Waals surface area contributed by atoms with Gasteiger partial charge in [-0.1, -0.05) is 36.4 Å². The van der Waals surface area contributed by atoms with Gasteiger partial charge in [-0.2, -0.15) is 5.26 Å². The van der Waals surface area contributed by atoms with E-state index in [1.165, 1.54) is 17.5 Å². The molecular formula is C23H26BrN5S. The van der Waals surface area contributed by atoms with Crippen molar-refractivity contribution >= 4 is 40.0 Å². The monoisotopic (exact) mass is 483 g/mol. The maximum Gasteiger partial charge on any atom is 0.177 e. The number of aryl methyl sites for hydroxylation is 3. The highest BCUT2D eigenvalue weighted by atomic mass is 79.9. The number of hydrogen-bond acceptors (Lipinski definition) is 5. The minimum Gasteiger partial charge on any atom is -0.330 e. The second-order valence-electron chi connectivity index (χ2n) is 7.51. The van der Waals surface area contributed by atoms with Gasteiger partial charge in [0.15, 0.2) is 5.82 Å². The third-order valence-electron chi connectivity index (χ3n) is 5.59. The normalized spacial score (nSPS) is 17.4. The molecule has 1 aromatic carbocycles. The van der Waals surface area contributed by atoms with Crippen LogP contribution in [0.5, 0.6) is 0 Å². The molecule has 3 heterocycles. The zero-order valence-corrected chi connectivity index (χ0v) is 19.9. The molecule has 0 radical (unpaired) electrons. The highest BCUT2D eigenvalue weighted by Crippen LogP contribution is 2.43. The summed E-state index contributed by atoms with van der Waals surface area (Å²) in [5, 5.41) is 21.9. The largest absolute Gasteiger partial charge is 0.330 e. The topological polar surface area (TPSA) is 57.7 Å². The number of hydrogen-bond donors (Lipinski definition) is 0. The zero-order chi connectivity index (χ0) is 20.4. The van der Waals surface area contributed by atoms with Gasteiger partial charge in [-0.25, -0.2) is 0 Å². The van der Waals surface area contributed by atoms with Crippen LogP contribution in [-0.2, 0) is 13.0 Å². The first-order valence-corrected chi connectivity index (χ1v) is 10.9. The number of thioether (sulfide) groups is 1. The zero-order valence-electron chi connectivity index (χ0n) is 17.4. The summed E-state index contributed by atoms with van der Waals surface area (Å²) in [4.78, 5) is 2.17. The molecule has 0 amide bonds. The number of nitriles is 1. The van der Waals surface area contributed by atoms with Crippen molar-refractivity contribution in [2.75, 3.05) is 6.54 Å². The number of benzene rings is 1. The molecule has 30 heavy (non-hydrogen) atoms. The molecule has 5 nitrogen and oxygen atoms in total. The highest BCUT2D eigenvalue weighted by Gasteiger charge is 2.29. The molecule has 0 fully saturated rings. The van der Waals surface area contributed by atoms with Crippen LogP contribution in [0.4, 0.5) is 0 Å². The van der Waals surface area contributed by atoms with Gasteiger partial charge in [0.25, 0.3) is 0 Å². The molecule has 2 aliphatic heterocycles. The van der Waals surface area contributed by atoms with Crippen molar-refractivity contribution in [1.29, 1.82) is 5.26 Å². The Kier molecular flexibility index (Phi) is 7.22. The number of nitrogens with zero attached hydrogens (tertiary/aromatic N) is 5. The molecule has 0 saturated carbocycles. The van der Waals surface area contributed by atoms with E-state index in [0.717, 1.165) is 47.9 Å². The Labute approximate surface area is 192 Å². The van der Waals surface area contributed by atoms with Crippen molar-refractivity contribution in [1.82, 2.24) is 19.7 Å². The van der Waals surface area contributed by atoms with Crippen molar-refractivity contribution in [3.05, 3.63) is 69.6 Å². The van der Waals surface area contributed by atoms with E-state index in [9.17, 15) is 5.26 Å². The van der Waals surface area contributed by atoms with Crippen molar-refractivity contribution in [2.24, 2.45) is 0 Å². The molecular weight excluding hydrogens is 458 g/mol. The van der Waals surface area contributed by atoms with Crippen LogP contribution in [0.25, 0.3) is 11.3 Å². The van der Waals surface area contributed by atoms with Gasteiger partial charge >= 0.3 is 0 Å². The van der Waals surface area contributed by atoms with Crippen molar-refractivity contribution in [3.63, 3.8) is 0 Å². The van der Waals surface area contributed by atoms with E-state index in [4.69, 9.17) is 0 Å². The molecule has 0 unspecified atom stereocenters. The highest BCUT2D eigenvalue weighted by molar-refractivity contribution is 8.93. The van der Waals surface area contributed by atoms with Crippen LogP contribution in [-0.4, -0.2) is 26.2 Å². The van der Waals surface area contributed by atoms with Crippen LogP contribution in [0.1, 0.15) is 47.6 Å². The lowest BCUT2D eigenvalue weighted by atomic mass is 10.0. The minimum absolute atomic E-state index is 0. The van der Waals surface area contributed by atoms with E-state index in [1.54, 1.807) is 11.8 Å². The molecule has 0 atom stereocenters. The van der Waals surface area contributed by atoms with Gasteiger partial charge in [0.05, 0.1) is 5.70 Å². The van der Waals surface area contributed by atoms with Crippen molar-refractivity contribution < 1.29 is 0 Å². The molecule has 4 rings (SSSR count). The quantitative estimate of drug-likeness (QED) is 0.416. The second-order valence-corrected chi connectivity index (χ2v) is 8.37. The summed E-state index contributed by atoms with van der Waals surface area (Å²) in [6, 6.07) is 8.92. The van der Waals surface area contributed by atoms with Gasteiger partial charge in [-0.15, -0.1) is 33.8 Å². The molecule has 7 heteroatoms. The van der Waals surface area contributed by atoms with Crippen LogP contribution in [0.15, 0.2) is 41.3 Å². The average molecular weight is 484 g/mol. The Hall–Kier alpha value is -2.30. The molecule has 0 N–H and O–H groups in total. The van der Waals surface area contributed by atoms with Crippen LogP contribution >= 0.6 is 28.7 Å². The molecule has 0 aliphatic carbocycles. The summed E-state index contributed by atoms with van der Waals surface area (Å²) in [5.74, 6) is 1.68. The molecule has 156 valence electrons. The van der Waals surface area contributed by atoms with E-state index in [0.29, 0.717) is 17.9 Å². The minimum atomic E-state index is 0. The first kappa shape index (κ1) is 22.4. The number of fused-ring (bicyclic) bond motifs is 1. The summed E-state index contributed by atoms with van der Waals surface area (Å²) in [5.41, 5.74) is 5.36. The van der Waals surface area contributed by atoms with Crippen molar-refractivity contribution in [3.8, 4) is 6.07 Å². The molecule has 1 aromatic heterocycles. The van der Waals surface area contributed by atoms with Gasteiger partial charge in [0.1, 0.15) is 22.5 Å². The molecule has 2 aromatic rings. The van der Waals surface area contributed by atoms with Crippen LogP contribution in [0.3, 0.4) is 0 Å². The predicted molar refractivity (Wildman–Crippen MR) is 129 cm³/mol. The van der Waals surface area contributed by atoms with Gasteiger partial charge in [-0.3, -0.25) is 0 Å². The number of halogens is 1. The maximum absolute atomic E-state index is 10.1. The number of allylic oxidation sites excluding steroid dienone is 1. The van der Waals surface area contributed by atoms with Gasteiger partial charge in [0.2, 0.25) is 0 Å². The average Bonchev–Trinajstić information content (AvgIpc) is 3.22. The third kappa shape index (κ3) is 4.12. The van der Waals surface area contributed by atoms with Gasteiger partial charge in [-0.05, 0) is 49.4 Å². The predicted octanol–water partition coefficient (Wildman–Crippen LogP) is 5.62. The van der Waals surface area contributed by atoms with Crippen LogP contribution < -0.4 is 0 Å². The van der Waals surface area contributed by atoms with Gasteiger partial charge in [0, 0.05) is 24.9 Å². The lowest BCUT2D eigenvalue weighted by molar-refractivity contribution is 0.586. The van der Waals surface area contributed by atoms with E-state index >= 15 is 0 Å². The standard InChI is InChI=1S/C23H25N5S.BrH/c1-4-11-27-20(18-10-9-16(2)17(3)13-18)15-29-23(27)19(14-24)22-26-25-21-8-6-5-7-12-28(21)22;/h4,9-10,13,15H,1,5-8,11-12H2,2-3H3;1H/b23-19-;. The molecule has 0 saturated heterocycles. The van der Waals surface area contributed by atoms with Gasteiger partial charge < -0.3 is 9.47 Å². The summed E-state index contributed by atoms with van der Waals surface area (Å²) in [7, 11) is 0. The second kappa shape index (κ2) is 9.67. The van der Waals surface area contributed by atoms with Crippen LogP contribution in [0, 0.1) is 25.2 Å².